The normalized spacial score (nSPS) is 24.9. The largest absolute Gasteiger partial charge is 0.465 e. The molecule has 0 aromatic heterocycles. The first-order valence-electron chi connectivity index (χ1n) is 7.98. The summed E-state index contributed by atoms with van der Waals surface area (Å²) in [5, 5.41) is 9.34. The van der Waals surface area contributed by atoms with Crippen LogP contribution >= 0.6 is 0 Å². The molecule has 1 amide bonds. The maximum Gasteiger partial charge on any atom is 0.407 e. The highest BCUT2D eigenvalue weighted by Crippen LogP contribution is 2.36. The van der Waals surface area contributed by atoms with Gasteiger partial charge in [0.05, 0.1) is 0 Å². The Balaban J connectivity index is 2.89. The molecule has 1 fully saturated rings. The third-order valence-corrected chi connectivity index (χ3v) is 4.29. The Bertz CT molecular complexity index is 423. The van der Waals surface area contributed by atoms with E-state index in [-0.39, 0.29) is 17.8 Å². The summed E-state index contributed by atoms with van der Waals surface area (Å²) in [5.74, 6) is -0.320. The van der Waals surface area contributed by atoms with Crippen LogP contribution in [0.15, 0.2) is 0 Å². The van der Waals surface area contributed by atoms with Crippen molar-refractivity contribution in [1.82, 2.24) is 4.90 Å². The molecule has 1 rings (SSSR count). The first kappa shape index (κ1) is 18.5. The minimum Gasteiger partial charge on any atom is -0.465 e. The molecular weight excluding hydrogens is 286 g/mol. The van der Waals surface area contributed by atoms with Crippen molar-refractivity contribution >= 4 is 17.8 Å². The standard InChI is InChI=1S/C16H27NO5/c1-4-5-6-14-11-16(22-13(3)19,8-7-12(2)18)9-10-17(14)15(20)21/h14H,4-11H2,1-3H3,(H,20,21). The Morgan fingerprint density at radius 1 is 1.32 bits per heavy atom. The number of piperidine rings is 1. The SMILES string of the molecule is CCCCC1CC(CCC(C)=O)(OC(C)=O)CCN1C(=O)O. The first-order valence-corrected chi connectivity index (χ1v) is 7.98. The Labute approximate surface area is 131 Å². The maximum atomic E-state index is 11.5. The van der Waals surface area contributed by atoms with Gasteiger partial charge in [-0.15, -0.1) is 0 Å². The van der Waals surface area contributed by atoms with E-state index in [9.17, 15) is 19.5 Å². The van der Waals surface area contributed by atoms with Crippen LogP contribution in [-0.2, 0) is 14.3 Å². The van der Waals surface area contributed by atoms with Crippen molar-refractivity contribution < 1.29 is 24.2 Å². The Morgan fingerprint density at radius 2 is 2.00 bits per heavy atom. The van der Waals surface area contributed by atoms with Crippen LogP contribution < -0.4 is 0 Å². The molecule has 1 heterocycles. The number of hydrogen-bond acceptors (Lipinski definition) is 4. The molecular formula is C16H27NO5. The second kappa shape index (κ2) is 8.15. The molecule has 2 atom stereocenters. The summed E-state index contributed by atoms with van der Waals surface area (Å²) in [7, 11) is 0. The highest BCUT2D eigenvalue weighted by Gasteiger charge is 2.43. The van der Waals surface area contributed by atoms with Crippen molar-refractivity contribution in [3.63, 3.8) is 0 Å². The molecule has 1 aliphatic rings. The number of Topliss-reactive ketones (excluding diaryl/α,β-unsaturated/α-hetero) is 1. The number of carbonyl (C=O) groups excluding carboxylic acids is 2. The summed E-state index contributed by atoms with van der Waals surface area (Å²) in [4.78, 5) is 35.6. The zero-order valence-corrected chi connectivity index (χ0v) is 13.8. The molecule has 0 saturated carbocycles. The Kier molecular flexibility index (Phi) is 6.84. The van der Waals surface area contributed by atoms with Gasteiger partial charge in [0, 0.05) is 38.8 Å². The number of carboxylic acid groups (broad SMARTS) is 1. The van der Waals surface area contributed by atoms with E-state index in [0.29, 0.717) is 32.2 Å². The molecule has 0 aromatic carbocycles. The van der Waals surface area contributed by atoms with E-state index in [1.807, 2.05) is 0 Å². The van der Waals surface area contributed by atoms with Crippen molar-refractivity contribution in [2.45, 2.75) is 77.4 Å². The summed E-state index contributed by atoms with van der Waals surface area (Å²) in [6.45, 7) is 5.28. The third-order valence-electron chi connectivity index (χ3n) is 4.29. The smallest absolute Gasteiger partial charge is 0.407 e. The summed E-state index contributed by atoms with van der Waals surface area (Å²) in [5.41, 5.74) is -0.706. The molecule has 0 bridgehead atoms. The number of hydrogen-bond donors (Lipinski definition) is 1. The number of amides is 1. The zero-order valence-electron chi connectivity index (χ0n) is 13.8. The summed E-state index contributed by atoms with van der Waals surface area (Å²) >= 11 is 0. The molecule has 22 heavy (non-hydrogen) atoms. The molecule has 1 saturated heterocycles. The molecule has 6 heteroatoms. The van der Waals surface area contributed by atoms with Gasteiger partial charge in [-0.1, -0.05) is 19.8 Å². The zero-order chi connectivity index (χ0) is 16.8. The fourth-order valence-corrected chi connectivity index (χ4v) is 3.18. The van der Waals surface area contributed by atoms with Gasteiger partial charge in [0.2, 0.25) is 0 Å². The predicted molar refractivity (Wildman–Crippen MR) is 81.7 cm³/mol. The van der Waals surface area contributed by atoms with Crippen molar-refractivity contribution in [2.75, 3.05) is 6.54 Å². The molecule has 0 spiro atoms. The number of rotatable bonds is 7. The van der Waals surface area contributed by atoms with Gasteiger partial charge < -0.3 is 19.5 Å². The minimum atomic E-state index is -0.927. The fraction of sp³-hybridized carbons (Fsp3) is 0.812. The van der Waals surface area contributed by atoms with E-state index < -0.39 is 11.7 Å². The number of likely N-dealkylation sites (tertiary alicyclic amines) is 1. The summed E-state index contributed by atoms with van der Waals surface area (Å²) in [6, 6.07) is -0.155. The van der Waals surface area contributed by atoms with Crippen molar-refractivity contribution in [3.8, 4) is 0 Å². The number of esters is 1. The van der Waals surface area contributed by atoms with Crippen LogP contribution in [0.5, 0.6) is 0 Å². The van der Waals surface area contributed by atoms with E-state index in [0.717, 1.165) is 19.3 Å². The summed E-state index contributed by atoms with van der Waals surface area (Å²) in [6.07, 6.45) is 3.49. The molecule has 1 N–H and O–H groups in total. The van der Waals surface area contributed by atoms with E-state index >= 15 is 0 Å². The lowest BCUT2D eigenvalue weighted by molar-refractivity contribution is -0.166. The van der Waals surface area contributed by atoms with Crippen LogP contribution in [0.1, 0.15) is 65.7 Å². The second-order valence-corrected chi connectivity index (χ2v) is 6.20. The average Bonchev–Trinajstić information content (AvgIpc) is 2.42. The Morgan fingerprint density at radius 3 is 2.50 bits per heavy atom. The van der Waals surface area contributed by atoms with E-state index in [4.69, 9.17) is 4.74 Å². The molecule has 126 valence electrons. The van der Waals surface area contributed by atoms with Crippen LogP contribution in [0.3, 0.4) is 0 Å². The quantitative estimate of drug-likeness (QED) is 0.730. The monoisotopic (exact) mass is 313 g/mol. The first-order chi connectivity index (χ1) is 10.3. The number of ketones is 1. The van der Waals surface area contributed by atoms with Crippen LogP contribution in [0.2, 0.25) is 0 Å². The number of unbranched alkanes of at least 4 members (excludes halogenated alkanes) is 1. The lowest BCUT2D eigenvalue weighted by Gasteiger charge is -2.45. The van der Waals surface area contributed by atoms with Gasteiger partial charge in [0.15, 0.2) is 0 Å². The fourth-order valence-electron chi connectivity index (χ4n) is 3.18. The molecule has 0 aliphatic carbocycles. The lowest BCUT2D eigenvalue weighted by atomic mass is 9.80. The van der Waals surface area contributed by atoms with Crippen molar-refractivity contribution in [2.24, 2.45) is 0 Å². The van der Waals surface area contributed by atoms with E-state index in [1.54, 1.807) is 0 Å². The van der Waals surface area contributed by atoms with E-state index in [1.165, 1.54) is 18.7 Å². The highest BCUT2D eigenvalue weighted by atomic mass is 16.6. The number of carbonyl (C=O) groups is 3. The van der Waals surface area contributed by atoms with Gasteiger partial charge in [-0.25, -0.2) is 4.79 Å². The van der Waals surface area contributed by atoms with Crippen LogP contribution in [-0.4, -0.2) is 46.0 Å². The minimum absolute atomic E-state index is 0.0531. The maximum absolute atomic E-state index is 11.5. The van der Waals surface area contributed by atoms with Gasteiger partial charge in [0.1, 0.15) is 11.4 Å². The van der Waals surface area contributed by atoms with E-state index in [2.05, 4.69) is 6.92 Å². The van der Waals surface area contributed by atoms with Crippen molar-refractivity contribution in [3.05, 3.63) is 0 Å². The second-order valence-electron chi connectivity index (χ2n) is 6.20. The van der Waals surface area contributed by atoms with Gasteiger partial charge in [-0.2, -0.15) is 0 Å². The van der Waals surface area contributed by atoms with Crippen LogP contribution in [0.4, 0.5) is 4.79 Å². The highest BCUT2D eigenvalue weighted by molar-refractivity contribution is 5.75. The van der Waals surface area contributed by atoms with Crippen molar-refractivity contribution in [1.29, 1.82) is 0 Å². The molecule has 1 aliphatic heterocycles. The van der Waals surface area contributed by atoms with Gasteiger partial charge >= 0.3 is 12.1 Å². The predicted octanol–water partition coefficient (Wildman–Crippen LogP) is 2.99. The topological polar surface area (TPSA) is 83.9 Å². The molecule has 0 radical (unpaired) electrons. The van der Waals surface area contributed by atoms with Gasteiger partial charge in [-0.3, -0.25) is 4.79 Å². The summed E-state index contributed by atoms with van der Waals surface area (Å²) < 4.78 is 5.56. The number of nitrogens with zero attached hydrogens (tertiary/aromatic N) is 1. The average molecular weight is 313 g/mol. The van der Waals surface area contributed by atoms with Gasteiger partial charge in [0.25, 0.3) is 0 Å². The molecule has 6 nitrogen and oxygen atoms in total. The van der Waals surface area contributed by atoms with Crippen LogP contribution in [0.25, 0.3) is 0 Å². The molecule has 0 aromatic rings. The number of ether oxygens (including phenoxy) is 1. The van der Waals surface area contributed by atoms with Gasteiger partial charge in [-0.05, 0) is 19.8 Å². The lowest BCUT2D eigenvalue weighted by Crippen LogP contribution is -2.54. The molecule has 2 unspecified atom stereocenters. The third kappa shape index (κ3) is 5.31. The Hall–Kier alpha value is -1.59. The van der Waals surface area contributed by atoms with Crippen LogP contribution in [0, 0.1) is 0 Å².